The molecule has 1 aromatic carbocycles. The molecule has 1 atom stereocenters. The minimum Gasteiger partial charge on any atom is -0.497 e. The Morgan fingerprint density at radius 2 is 1.78 bits per heavy atom. The number of methoxy groups -OCH3 is 1. The molecule has 1 aromatic heterocycles. The summed E-state index contributed by atoms with van der Waals surface area (Å²) in [4.78, 5) is 12.5. The lowest BCUT2D eigenvalue weighted by Gasteiger charge is -2.46. The van der Waals surface area contributed by atoms with Gasteiger partial charge in [0.2, 0.25) is 5.95 Å². The van der Waals surface area contributed by atoms with E-state index in [2.05, 4.69) is 14.9 Å². The molecule has 7 heteroatoms. The van der Waals surface area contributed by atoms with Crippen LogP contribution >= 0.6 is 0 Å². The quantitative estimate of drug-likeness (QED) is 0.822. The topological polar surface area (TPSA) is 41.5 Å². The molecule has 2 saturated heterocycles. The molecule has 0 aliphatic carbocycles. The van der Waals surface area contributed by atoms with Crippen molar-refractivity contribution in [3.05, 3.63) is 48.3 Å². The van der Waals surface area contributed by atoms with Crippen LogP contribution in [0.2, 0.25) is 0 Å². The van der Waals surface area contributed by atoms with Gasteiger partial charge in [0.1, 0.15) is 5.75 Å². The molecule has 27 heavy (non-hydrogen) atoms. The van der Waals surface area contributed by atoms with Crippen molar-refractivity contribution in [3.63, 3.8) is 0 Å². The number of hydrogen-bond donors (Lipinski definition) is 0. The van der Waals surface area contributed by atoms with Crippen molar-refractivity contribution in [2.24, 2.45) is 5.41 Å². The predicted octanol–water partition coefficient (Wildman–Crippen LogP) is 3.22. The molecule has 3 heterocycles. The van der Waals surface area contributed by atoms with Crippen LogP contribution in [0.4, 0.5) is 14.7 Å². The van der Waals surface area contributed by atoms with Gasteiger partial charge in [0.05, 0.1) is 12.5 Å². The second kappa shape index (κ2) is 7.03. The summed E-state index contributed by atoms with van der Waals surface area (Å²) in [5, 5.41) is 0. The molecule has 0 saturated carbocycles. The zero-order valence-electron chi connectivity index (χ0n) is 15.4. The Labute approximate surface area is 158 Å². The maximum Gasteiger partial charge on any atom is 0.257 e. The van der Waals surface area contributed by atoms with Crippen molar-refractivity contribution in [1.82, 2.24) is 14.9 Å². The van der Waals surface area contributed by atoms with Crippen molar-refractivity contribution in [1.29, 1.82) is 0 Å². The standard InChI is InChI=1S/C20H24F2N4O/c1-27-17-5-3-16(4-6-17)13-25-11-8-20(21,22)19(14-25)7-12-26(15-19)18-23-9-2-10-24-18/h2-6,9-10H,7-8,11-15H2,1H3/t19-/m0/s1. The van der Waals surface area contributed by atoms with Gasteiger partial charge in [-0.25, -0.2) is 18.7 Å². The minimum absolute atomic E-state index is 0.105. The van der Waals surface area contributed by atoms with E-state index < -0.39 is 11.3 Å². The average molecular weight is 374 g/mol. The van der Waals surface area contributed by atoms with Crippen LogP contribution in [0.25, 0.3) is 0 Å². The number of anilines is 1. The molecule has 144 valence electrons. The monoisotopic (exact) mass is 374 g/mol. The first kappa shape index (κ1) is 18.1. The van der Waals surface area contributed by atoms with Crippen LogP contribution < -0.4 is 9.64 Å². The van der Waals surface area contributed by atoms with E-state index in [1.807, 2.05) is 29.2 Å². The third kappa shape index (κ3) is 3.48. The van der Waals surface area contributed by atoms with Crippen molar-refractivity contribution >= 4 is 5.95 Å². The van der Waals surface area contributed by atoms with Crippen LogP contribution in [0.1, 0.15) is 18.4 Å². The summed E-state index contributed by atoms with van der Waals surface area (Å²) in [5.74, 6) is -1.33. The number of nitrogens with zero attached hydrogens (tertiary/aromatic N) is 4. The fourth-order valence-electron chi connectivity index (χ4n) is 4.24. The molecule has 0 unspecified atom stereocenters. The molecular formula is C20H24F2N4O. The molecular weight excluding hydrogens is 350 g/mol. The lowest BCUT2D eigenvalue weighted by molar-refractivity contribution is -0.158. The van der Waals surface area contributed by atoms with Crippen LogP contribution in [-0.4, -0.2) is 54.1 Å². The molecule has 2 aromatic rings. The van der Waals surface area contributed by atoms with E-state index in [4.69, 9.17) is 4.74 Å². The first-order valence-corrected chi connectivity index (χ1v) is 9.26. The first-order valence-electron chi connectivity index (χ1n) is 9.26. The summed E-state index contributed by atoms with van der Waals surface area (Å²) in [6, 6.07) is 9.55. The zero-order chi connectivity index (χ0) is 18.9. The van der Waals surface area contributed by atoms with Crippen molar-refractivity contribution in [2.75, 3.05) is 38.2 Å². The van der Waals surface area contributed by atoms with Crippen LogP contribution in [0.15, 0.2) is 42.7 Å². The van der Waals surface area contributed by atoms with Gasteiger partial charge in [0, 0.05) is 51.5 Å². The Bertz CT molecular complexity index is 771. The molecule has 2 aliphatic heterocycles. The largest absolute Gasteiger partial charge is 0.497 e. The summed E-state index contributed by atoms with van der Waals surface area (Å²) in [6.07, 6.45) is 3.66. The van der Waals surface area contributed by atoms with E-state index in [9.17, 15) is 8.78 Å². The SMILES string of the molecule is COc1ccc(CN2CCC(F)(F)[C@@]3(CCN(c4ncccn4)C3)C2)cc1. The predicted molar refractivity (Wildman–Crippen MR) is 99.1 cm³/mol. The summed E-state index contributed by atoms with van der Waals surface area (Å²) < 4.78 is 35.1. The number of aromatic nitrogens is 2. The van der Waals surface area contributed by atoms with Crippen LogP contribution in [0, 0.1) is 5.41 Å². The van der Waals surface area contributed by atoms with Gasteiger partial charge in [-0.15, -0.1) is 0 Å². The van der Waals surface area contributed by atoms with Gasteiger partial charge in [-0.3, -0.25) is 4.90 Å². The Hall–Kier alpha value is -2.28. The van der Waals surface area contributed by atoms with Gasteiger partial charge in [-0.05, 0) is 30.2 Å². The van der Waals surface area contributed by atoms with Gasteiger partial charge < -0.3 is 9.64 Å². The second-order valence-electron chi connectivity index (χ2n) is 7.51. The third-order valence-corrected chi connectivity index (χ3v) is 5.80. The van der Waals surface area contributed by atoms with E-state index in [1.165, 1.54) is 0 Å². The Morgan fingerprint density at radius 3 is 2.48 bits per heavy atom. The third-order valence-electron chi connectivity index (χ3n) is 5.80. The fraction of sp³-hybridized carbons (Fsp3) is 0.500. The van der Waals surface area contributed by atoms with Crippen LogP contribution in [-0.2, 0) is 6.54 Å². The molecule has 0 amide bonds. The highest BCUT2D eigenvalue weighted by Crippen LogP contribution is 2.50. The Morgan fingerprint density at radius 1 is 1.04 bits per heavy atom. The molecule has 0 radical (unpaired) electrons. The second-order valence-corrected chi connectivity index (χ2v) is 7.51. The van der Waals surface area contributed by atoms with Crippen molar-refractivity contribution < 1.29 is 13.5 Å². The number of benzene rings is 1. The number of ether oxygens (including phenoxy) is 1. The molecule has 0 bridgehead atoms. The molecule has 0 N–H and O–H groups in total. The van der Waals surface area contributed by atoms with Gasteiger partial charge in [-0.2, -0.15) is 0 Å². The molecule has 5 nitrogen and oxygen atoms in total. The zero-order valence-corrected chi connectivity index (χ0v) is 15.4. The lowest BCUT2D eigenvalue weighted by Crippen LogP contribution is -2.56. The highest BCUT2D eigenvalue weighted by molar-refractivity contribution is 5.33. The number of likely N-dealkylation sites (tertiary alicyclic amines) is 1. The van der Waals surface area contributed by atoms with Gasteiger partial charge in [0.15, 0.2) is 0 Å². The van der Waals surface area contributed by atoms with Crippen molar-refractivity contribution in [3.8, 4) is 5.75 Å². The molecule has 4 rings (SSSR count). The van der Waals surface area contributed by atoms with E-state index in [1.54, 1.807) is 25.6 Å². The Kier molecular flexibility index (Phi) is 4.72. The van der Waals surface area contributed by atoms with Gasteiger partial charge in [0.25, 0.3) is 5.92 Å². The highest BCUT2D eigenvalue weighted by Gasteiger charge is 2.59. The van der Waals surface area contributed by atoms with E-state index >= 15 is 0 Å². The van der Waals surface area contributed by atoms with Crippen molar-refractivity contribution in [2.45, 2.75) is 25.3 Å². The number of rotatable bonds is 4. The number of hydrogen-bond acceptors (Lipinski definition) is 5. The molecule has 2 fully saturated rings. The smallest absolute Gasteiger partial charge is 0.257 e. The van der Waals surface area contributed by atoms with E-state index in [0.29, 0.717) is 45.1 Å². The molecule has 1 spiro atoms. The maximum atomic E-state index is 15.0. The van der Waals surface area contributed by atoms with Gasteiger partial charge in [-0.1, -0.05) is 12.1 Å². The average Bonchev–Trinajstić information content (AvgIpc) is 3.12. The number of halogens is 2. The van der Waals surface area contributed by atoms with Gasteiger partial charge >= 0.3 is 0 Å². The minimum atomic E-state index is -2.67. The summed E-state index contributed by atoms with van der Waals surface area (Å²) >= 11 is 0. The van der Waals surface area contributed by atoms with Crippen LogP contribution in [0.3, 0.4) is 0 Å². The summed E-state index contributed by atoms with van der Waals surface area (Å²) in [5.41, 5.74) is 0.0640. The Balaban J connectivity index is 1.49. The first-order chi connectivity index (χ1) is 13.0. The van der Waals surface area contributed by atoms with E-state index in [0.717, 1.165) is 11.3 Å². The summed E-state index contributed by atoms with van der Waals surface area (Å²) in [7, 11) is 1.63. The highest BCUT2D eigenvalue weighted by atomic mass is 19.3. The fourth-order valence-corrected chi connectivity index (χ4v) is 4.24. The normalized spacial score (nSPS) is 25.1. The van der Waals surface area contributed by atoms with E-state index in [-0.39, 0.29) is 6.42 Å². The van der Waals surface area contributed by atoms with Crippen LogP contribution in [0.5, 0.6) is 5.75 Å². The number of alkyl halides is 2. The molecule has 2 aliphatic rings. The summed E-state index contributed by atoms with van der Waals surface area (Å²) in [6.45, 7) is 2.32. The lowest BCUT2D eigenvalue weighted by atomic mass is 9.75. The maximum absolute atomic E-state index is 15.0. The number of piperidine rings is 1.